The second kappa shape index (κ2) is 9.09. The molecule has 2 N–H and O–H groups in total. The van der Waals surface area contributed by atoms with Gasteiger partial charge >= 0.3 is 6.18 Å². The summed E-state index contributed by atoms with van der Waals surface area (Å²) in [5.74, 6) is 0. The molecule has 2 nitrogen and oxygen atoms in total. The number of aliphatic hydroxyl groups excluding tert-OH is 1. The fraction of sp³-hybridized carbons (Fsp3) is 0.364. The van der Waals surface area contributed by atoms with Gasteiger partial charge in [0.25, 0.3) is 0 Å². The normalized spacial score (nSPS) is 18.4. The van der Waals surface area contributed by atoms with Crippen LogP contribution in [0.5, 0.6) is 0 Å². The maximum atomic E-state index is 13.3. The summed E-state index contributed by atoms with van der Waals surface area (Å²) in [7, 11) is 0. The molecule has 0 aromatic heterocycles. The Morgan fingerprint density at radius 1 is 1.00 bits per heavy atom. The topological polar surface area (TPSA) is 32.3 Å². The standard InChI is InChI=1S/C22H20Cl2F3NO.ClH/c23-13-8-17-16-7-12(22(25,26)27)4-5-15(16)19(11-18(17)20(24)9-13)21(29)10-14-3-1-2-6-28-14;/h4-5,7-9,11,14,21,28-29H,1-3,6,10H2;1H. The summed E-state index contributed by atoms with van der Waals surface area (Å²) in [5.41, 5.74) is -0.166. The van der Waals surface area contributed by atoms with Crippen molar-refractivity contribution in [1.29, 1.82) is 0 Å². The predicted octanol–water partition coefficient (Wildman–Crippen LogP) is 7.31. The maximum Gasteiger partial charge on any atom is 0.416 e. The molecule has 0 saturated carbocycles. The van der Waals surface area contributed by atoms with Crippen molar-refractivity contribution in [2.24, 2.45) is 0 Å². The lowest BCUT2D eigenvalue weighted by atomic mass is 9.89. The van der Waals surface area contributed by atoms with Crippen molar-refractivity contribution in [3.63, 3.8) is 0 Å². The van der Waals surface area contributed by atoms with E-state index in [1.165, 1.54) is 6.07 Å². The average Bonchev–Trinajstić information content (AvgIpc) is 2.67. The molecule has 1 heterocycles. The first-order chi connectivity index (χ1) is 13.7. The molecule has 0 amide bonds. The summed E-state index contributed by atoms with van der Waals surface area (Å²) in [6.07, 6.45) is -1.61. The molecule has 0 aliphatic carbocycles. The Balaban J connectivity index is 0.00000256. The molecule has 8 heteroatoms. The van der Waals surface area contributed by atoms with Crippen LogP contribution in [0.3, 0.4) is 0 Å². The summed E-state index contributed by atoms with van der Waals surface area (Å²) < 4.78 is 40.0. The van der Waals surface area contributed by atoms with Crippen LogP contribution in [0.25, 0.3) is 21.5 Å². The van der Waals surface area contributed by atoms with Gasteiger partial charge < -0.3 is 10.4 Å². The molecule has 2 unspecified atom stereocenters. The van der Waals surface area contributed by atoms with E-state index in [4.69, 9.17) is 23.2 Å². The van der Waals surface area contributed by atoms with E-state index in [1.807, 2.05) is 0 Å². The van der Waals surface area contributed by atoms with E-state index in [1.54, 1.807) is 18.2 Å². The van der Waals surface area contributed by atoms with E-state index in [-0.39, 0.29) is 18.4 Å². The van der Waals surface area contributed by atoms with Crippen molar-refractivity contribution >= 4 is 57.2 Å². The molecule has 1 aliphatic heterocycles. The first-order valence-electron chi connectivity index (χ1n) is 9.58. The maximum absolute atomic E-state index is 13.3. The Morgan fingerprint density at radius 3 is 2.40 bits per heavy atom. The van der Waals surface area contributed by atoms with E-state index in [9.17, 15) is 18.3 Å². The fourth-order valence-corrected chi connectivity index (χ4v) is 4.73. The van der Waals surface area contributed by atoms with E-state index >= 15 is 0 Å². The minimum absolute atomic E-state index is 0. The van der Waals surface area contributed by atoms with Crippen LogP contribution in [0.4, 0.5) is 13.2 Å². The highest BCUT2D eigenvalue weighted by Gasteiger charge is 2.31. The summed E-state index contributed by atoms with van der Waals surface area (Å²) in [6, 6.07) is 8.72. The lowest BCUT2D eigenvalue weighted by Crippen LogP contribution is -2.35. The molecule has 4 rings (SSSR count). The van der Waals surface area contributed by atoms with Crippen LogP contribution in [-0.4, -0.2) is 17.7 Å². The van der Waals surface area contributed by atoms with E-state index < -0.39 is 17.8 Å². The van der Waals surface area contributed by atoms with Crippen molar-refractivity contribution in [1.82, 2.24) is 5.32 Å². The van der Waals surface area contributed by atoms with Crippen molar-refractivity contribution in [3.8, 4) is 0 Å². The van der Waals surface area contributed by atoms with Crippen molar-refractivity contribution < 1.29 is 18.3 Å². The first kappa shape index (κ1) is 23.4. The molecule has 2 atom stereocenters. The third-order valence-electron chi connectivity index (χ3n) is 5.62. The number of hydrogen-bond donors (Lipinski definition) is 2. The average molecular weight is 479 g/mol. The van der Waals surface area contributed by atoms with Crippen molar-refractivity contribution in [2.45, 2.75) is 44.0 Å². The van der Waals surface area contributed by atoms with Crippen LogP contribution < -0.4 is 5.32 Å². The number of hydrogen-bond acceptors (Lipinski definition) is 2. The number of halogens is 6. The Morgan fingerprint density at radius 2 is 1.73 bits per heavy atom. The summed E-state index contributed by atoms with van der Waals surface area (Å²) in [6.45, 7) is 0.912. The zero-order chi connectivity index (χ0) is 20.8. The zero-order valence-electron chi connectivity index (χ0n) is 15.9. The van der Waals surface area contributed by atoms with Gasteiger partial charge in [-0.2, -0.15) is 13.2 Å². The smallest absolute Gasteiger partial charge is 0.388 e. The minimum Gasteiger partial charge on any atom is -0.388 e. The van der Waals surface area contributed by atoms with Gasteiger partial charge in [-0.25, -0.2) is 0 Å². The highest BCUT2D eigenvalue weighted by molar-refractivity contribution is 6.39. The van der Waals surface area contributed by atoms with Gasteiger partial charge in [0, 0.05) is 21.5 Å². The van der Waals surface area contributed by atoms with Crippen LogP contribution in [0.15, 0.2) is 36.4 Å². The van der Waals surface area contributed by atoms with E-state index in [2.05, 4.69) is 5.32 Å². The molecular formula is C22H21Cl3F3NO. The molecular weight excluding hydrogens is 458 g/mol. The first-order valence-corrected chi connectivity index (χ1v) is 10.3. The van der Waals surface area contributed by atoms with Crippen LogP contribution in [0, 0.1) is 0 Å². The lowest BCUT2D eigenvalue weighted by Gasteiger charge is -2.26. The van der Waals surface area contributed by atoms with E-state index in [0.717, 1.165) is 37.9 Å². The number of piperidine rings is 1. The largest absolute Gasteiger partial charge is 0.416 e. The Labute approximate surface area is 188 Å². The quantitative estimate of drug-likeness (QED) is 0.387. The molecule has 1 fully saturated rings. The molecule has 162 valence electrons. The van der Waals surface area contributed by atoms with Gasteiger partial charge in [-0.1, -0.05) is 35.7 Å². The third-order valence-corrected chi connectivity index (χ3v) is 6.15. The molecule has 1 aliphatic rings. The van der Waals surface area contributed by atoms with Gasteiger partial charge in [-0.15, -0.1) is 12.4 Å². The second-order valence-corrected chi connectivity index (χ2v) is 8.45. The zero-order valence-corrected chi connectivity index (χ0v) is 18.2. The summed E-state index contributed by atoms with van der Waals surface area (Å²) >= 11 is 12.5. The van der Waals surface area contributed by atoms with Gasteiger partial charge in [-0.05, 0) is 77.9 Å². The van der Waals surface area contributed by atoms with Crippen molar-refractivity contribution in [2.75, 3.05) is 6.54 Å². The van der Waals surface area contributed by atoms with E-state index in [0.29, 0.717) is 43.6 Å². The molecule has 1 saturated heterocycles. The SMILES string of the molecule is Cl.OC(CC1CCCCN1)c1cc2c(Cl)cc(Cl)cc2c2cc(C(F)(F)F)ccc12. The summed E-state index contributed by atoms with van der Waals surface area (Å²) in [4.78, 5) is 0. The van der Waals surface area contributed by atoms with Gasteiger partial charge in [0.2, 0.25) is 0 Å². The van der Waals surface area contributed by atoms with Crippen LogP contribution in [0.1, 0.15) is 42.9 Å². The van der Waals surface area contributed by atoms with Crippen LogP contribution >= 0.6 is 35.6 Å². The number of nitrogens with one attached hydrogen (secondary N) is 1. The Bertz CT molecular complexity index is 1070. The van der Waals surface area contributed by atoms with Crippen LogP contribution in [-0.2, 0) is 6.18 Å². The minimum atomic E-state index is -4.47. The molecule has 0 spiro atoms. The highest BCUT2D eigenvalue weighted by Crippen LogP contribution is 2.40. The van der Waals surface area contributed by atoms with Crippen LogP contribution in [0.2, 0.25) is 10.0 Å². The number of benzene rings is 3. The predicted molar refractivity (Wildman–Crippen MR) is 119 cm³/mol. The fourth-order valence-electron chi connectivity index (χ4n) is 4.18. The summed E-state index contributed by atoms with van der Waals surface area (Å²) in [5, 5.41) is 17.1. The number of fused-ring (bicyclic) bond motifs is 3. The Kier molecular flexibility index (Phi) is 7.10. The number of alkyl halides is 3. The van der Waals surface area contributed by atoms with Gasteiger partial charge in [-0.3, -0.25) is 0 Å². The van der Waals surface area contributed by atoms with Gasteiger partial charge in [0.15, 0.2) is 0 Å². The molecule has 0 radical (unpaired) electrons. The monoisotopic (exact) mass is 477 g/mol. The highest BCUT2D eigenvalue weighted by atomic mass is 35.5. The molecule has 0 bridgehead atoms. The number of rotatable bonds is 3. The molecule has 30 heavy (non-hydrogen) atoms. The van der Waals surface area contributed by atoms with Gasteiger partial charge in [0.05, 0.1) is 11.7 Å². The lowest BCUT2D eigenvalue weighted by molar-refractivity contribution is -0.137. The molecule has 3 aromatic rings. The second-order valence-electron chi connectivity index (χ2n) is 7.60. The molecule has 3 aromatic carbocycles. The van der Waals surface area contributed by atoms with Gasteiger partial charge in [0.1, 0.15) is 0 Å². The third kappa shape index (κ3) is 4.66. The Hall–Kier alpha value is -1.24. The van der Waals surface area contributed by atoms with Crippen molar-refractivity contribution in [3.05, 3.63) is 57.6 Å². The number of aliphatic hydroxyl groups is 1.